The van der Waals surface area contributed by atoms with Crippen LogP contribution in [-0.2, 0) is 5.88 Å². The highest BCUT2D eigenvalue weighted by atomic mass is 35.5. The van der Waals surface area contributed by atoms with Crippen molar-refractivity contribution in [2.75, 3.05) is 11.9 Å². The maximum atomic E-state index is 11.9. The Hall–Kier alpha value is -1.65. The van der Waals surface area contributed by atoms with Gasteiger partial charge in [-0.05, 0) is 48.9 Å². The first-order valence-electron chi connectivity index (χ1n) is 6.02. The molecular weight excluding hydrogens is 301 g/mol. The van der Waals surface area contributed by atoms with Crippen LogP contribution in [0.15, 0.2) is 34.7 Å². The number of amides is 1. The Morgan fingerprint density at radius 2 is 2.15 bits per heavy atom. The van der Waals surface area contributed by atoms with Crippen LogP contribution >= 0.6 is 23.2 Å². The molecule has 0 aliphatic rings. The summed E-state index contributed by atoms with van der Waals surface area (Å²) in [6, 6.07) is 8.30. The Balaban J connectivity index is 2.15. The zero-order valence-corrected chi connectivity index (χ0v) is 12.3. The summed E-state index contributed by atoms with van der Waals surface area (Å²) in [5.41, 5.74) is 1.42. The summed E-state index contributed by atoms with van der Waals surface area (Å²) in [6.07, 6.45) is 0. The van der Waals surface area contributed by atoms with Gasteiger partial charge in [-0.3, -0.25) is 4.79 Å². The van der Waals surface area contributed by atoms with Crippen molar-refractivity contribution >= 4 is 34.8 Å². The largest absolute Gasteiger partial charge is 0.494 e. The van der Waals surface area contributed by atoms with Crippen LogP contribution < -0.4 is 10.1 Å². The first-order chi connectivity index (χ1) is 9.63. The highest BCUT2D eigenvalue weighted by Gasteiger charge is 2.12. The van der Waals surface area contributed by atoms with Crippen LogP contribution in [0, 0.1) is 0 Å². The molecule has 1 aromatic carbocycles. The number of benzene rings is 1. The van der Waals surface area contributed by atoms with Gasteiger partial charge < -0.3 is 14.5 Å². The monoisotopic (exact) mass is 313 g/mol. The Bertz CT molecular complexity index is 610. The lowest BCUT2D eigenvalue weighted by molar-refractivity contribution is 0.0997. The van der Waals surface area contributed by atoms with Gasteiger partial charge in [0, 0.05) is 11.3 Å². The van der Waals surface area contributed by atoms with E-state index in [1.54, 1.807) is 18.2 Å². The van der Waals surface area contributed by atoms with E-state index in [4.69, 9.17) is 32.4 Å². The molecule has 6 heteroatoms. The van der Waals surface area contributed by atoms with Gasteiger partial charge in [0.15, 0.2) is 11.0 Å². The molecule has 0 saturated carbocycles. The maximum absolute atomic E-state index is 11.9. The van der Waals surface area contributed by atoms with Crippen molar-refractivity contribution in [3.05, 3.63) is 46.9 Å². The fraction of sp³-hybridized carbons (Fsp3) is 0.214. The van der Waals surface area contributed by atoms with E-state index in [9.17, 15) is 4.79 Å². The fourth-order valence-electron chi connectivity index (χ4n) is 1.69. The molecule has 0 radical (unpaired) electrons. The number of ether oxygens (including phenoxy) is 1. The van der Waals surface area contributed by atoms with Crippen molar-refractivity contribution in [3.63, 3.8) is 0 Å². The number of carbonyl (C=O) groups is 1. The molecular formula is C14H13Cl2NO3. The summed E-state index contributed by atoms with van der Waals surface area (Å²) in [7, 11) is 0. The third-order valence-corrected chi connectivity index (χ3v) is 3.05. The highest BCUT2D eigenvalue weighted by Crippen LogP contribution is 2.25. The molecule has 1 amide bonds. The van der Waals surface area contributed by atoms with Gasteiger partial charge in [0.2, 0.25) is 0 Å². The molecule has 0 atom stereocenters. The zero-order chi connectivity index (χ0) is 14.5. The topological polar surface area (TPSA) is 51.5 Å². The number of carbonyl (C=O) groups excluding carboxylic acids is 1. The van der Waals surface area contributed by atoms with Crippen LogP contribution in [0.2, 0.25) is 5.22 Å². The van der Waals surface area contributed by atoms with Crippen molar-refractivity contribution in [1.82, 2.24) is 0 Å². The van der Waals surface area contributed by atoms with Gasteiger partial charge in [0.25, 0.3) is 5.91 Å². The average molecular weight is 314 g/mol. The smallest absolute Gasteiger partial charge is 0.291 e. The van der Waals surface area contributed by atoms with Crippen molar-refractivity contribution in [2.24, 2.45) is 0 Å². The lowest BCUT2D eigenvalue weighted by atomic mass is 10.2. The zero-order valence-electron chi connectivity index (χ0n) is 10.8. The van der Waals surface area contributed by atoms with Crippen molar-refractivity contribution in [1.29, 1.82) is 0 Å². The molecule has 106 valence electrons. The van der Waals surface area contributed by atoms with Gasteiger partial charge in [-0.25, -0.2) is 0 Å². The Labute approximate surface area is 126 Å². The third kappa shape index (κ3) is 3.46. The Morgan fingerprint density at radius 3 is 2.75 bits per heavy atom. The number of hydrogen-bond donors (Lipinski definition) is 1. The first-order valence-corrected chi connectivity index (χ1v) is 6.93. The summed E-state index contributed by atoms with van der Waals surface area (Å²) in [5, 5.41) is 2.88. The molecule has 2 rings (SSSR count). The minimum atomic E-state index is -0.374. The minimum Gasteiger partial charge on any atom is -0.494 e. The molecule has 20 heavy (non-hydrogen) atoms. The van der Waals surface area contributed by atoms with Crippen molar-refractivity contribution in [3.8, 4) is 5.75 Å². The normalized spacial score (nSPS) is 10.3. The number of rotatable bonds is 5. The molecule has 1 heterocycles. The van der Waals surface area contributed by atoms with Crippen LogP contribution in [0.25, 0.3) is 0 Å². The number of hydrogen-bond acceptors (Lipinski definition) is 3. The van der Waals surface area contributed by atoms with E-state index in [1.165, 1.54) is 12.1 Å². The summed E-state index contributed by atoms with van der Waals surface area (Å²) in [6.45, 7) is 2.45. The number of alkyl halides is 1. The molecule has 1 N–H and O–H groups in total. The second kappa shape index (κ2) is 6.68. The number of anilines is 1. The molecule has 0 fully saturated rings. The first kappa shape index (κ1) is 14.8. The van der Waals surface area contributed by atoms with Crippen LogP contribution in [0.5, 0.6) is 5.75 Å². The second-order valence-electron chi connectivity index (χ2n) is 3.95. The van der Waals surface area contributed by atoms with Gasteiger partial charge in [-0.2, -0.15) is 0 Å². The Kier molecular flexibility index (Phi) is 4.93. The SMILES string of the molecule is CCOc1ccc(NC(=O)c2ccc(Cl)o2)cc1CCl. The molecule has 0 saturated heterocycles. The van der Waals surface area contributed by atoms with Gasteiger partial charge in [-0.15, -0.1) is 11.6 Å². The minimum absolute atomic E-state index is 0.149. The highest BCUT2D eigenvalue weighted by molar-refractivity contribution is 6.29. The lowest BCUT2D eigenvalue weighted by Crippen LogP contribution is -2.11. The van der Waals surface area contributed by atoms with E-state index >= 15 is 0 Å². The van der Waals surface area contributed by atoms with Crippen molar-refractivity contribution in [2.45, 2.75) is 12.8 Å². The van der Waals surface area contributed by atoms with E-state index in [1.807, 2.05) is 6.92 Å². The van der Waals surface area contributed by atoms with Gasteiger partial charge in [-0.1, -0.05) is 0 Å². The summed E-state index contributed by atoms with van der Waals surface area (Å²) >= 11 is 11.5. The van der Waals surface area contributed by atoms with Crippen LogP contribution in [0.3, 0.4) is 0 Å². The van der Waals surface area contributed by atoms with E-state index in [0.29, 0.717) is 23.9 Å². The predicted octanol–water partition coefficient (Wildman–Crippen LogP) is 4.32. The van der Waals surface area contributed by atoms with Gasteiger partial charge in [0.1, 0.15) is 5.75 Å². The maximum Gasteiger partial charge on any atom is 0.291 e. The standard InChI is InChI=1S/C14H13Cl2NO3/c1-2-19-11-4-3-10(7-9(11)8-15)17-14(18)12-5-6-13(16)20-12/h3-7H,2,8H2,1H3,(H,17,18). The number of halogens is 2. The molecule has 0 unspecified atom stereocenters. The Morgan fingerprint density at radius 1 is 1.35 bits per heavy atom. The molecule has 2 aromatic rings. The van der Waals surface area contributed by atoms with Crippen LogP contribution in [-0.4, -0.2) is 12.5 Å². The lowest BCUT2D eigenvalue weighted by Gasteiger charge is -2.10. The molecule has 1 aromatic heterocycles. The average Bonchev–Trinajstić information content (AvgIpc) is 2.87. The molecule has 0 aliphatic carbocycles. The van der Waals surface area contributed by atoms with E-state index in [2.05, 4.69) is 5.32 Å². The summed E-state index contributed by atoms with van der Waals surface area (Å²) in [5.74, 6) is 0.783. The number of nitrogens with one attached hydrogen (secondary N) is 1. The second-order valence-corrected chi connectivity index (χ2v) is 4.59. The van der Waals surface area contributed by atoms with E-state index < -0.39 is 0 Å². The molecule has 0 spiro atoms. The molecule has 4 nitrogen and oxygen atoms in total. The molecule has 0 bridgehead atoms. The van der Waals surface area contributed by atoms with E-state index in [-0.39, 0.29) is 16.9 Å². The molecule has 0 aliphatic heterocycles. The quantitative estimate of drug-likeness (QED) is 0.836. The van der Waals surface area contributed by atoms with Crippen molar-refractivity contribution < 1.29 is 13.9 Å². The summed E-state index contributed by atoms with van der Waals surface area (Å²) in [4.78, 5) is 11.9. The summed E-state index contributed by atoms with van der Waals surface area (Å²) < 4.78 is 10.5. The fourth-order valence-corrected chi connectivity index (χ4v) is 2.04. The predicted molar refractivity (Wildman–Crippen MR) is 78.8 cm³/mol. The van der Waals surface area contributed by atoms with Crippen LogP contribution in [0.1, 0.15) is 23.0 Å². The van der Waals surface area contributed by atoms with Gasteiger partial charge in [0.05, 0.1) is 12.5 Å². The van der Waals surface area contributed by atoms with E-state index in [0.717, 1.165) is 5.56 Å². The van der Waals surface area contributed by atoms with Gasteiger partial charge >= 0.3 is 0 Å². The third-order valence-electron chi connectivity index (χ3n) is 2.56. The van der Waals surface area contributed by atoms with Crippen LogP contribution in [0.4, 0.5) is 5.69 Å². The number of furan rings is 1.